The average Bonchev–Trinajstić information content (AvgIpc) is 3.41. The standard InChI is InChI=1S/C26H29N5O/c1-20-24(18-30-14-16-31(17-15-30)19-25-27-12-13-29(25)2)28-26(32-20)23-10-8-22(9-11-23)21-6-4-3-5-7-21/h3-13H,14-19H2,1-2H3. The molecule has 4 aromatic rings. The van der Waals surface area contributed by atoms with Gasteiger partial charge in [-0.1, -0.05) is 42.5 Å². The summed E-state index contributed by atoms with van der Waals surface area (Å²) in [4.78, 5) is 14.2. The summed E-state index contributed by atoms with van der Waals surface area (Å²) in [5.41, 5.74) is 4.45. The van der Waals surface area contributed by atoms with Crippen LogP contribution >= 0.6 is 0 Å². The Hall–Kier alpha value is -3.22. The van der Waals surface area contributed by atoms with Crippen molar-refractivity contribution in [3.63, 3.8) is 0 Å². The minimum Gasteiger partial charge on any atom is -0.441 e. The predicted octanol–water partition coefficient (Wildman–Crippen LogP) is 4.37. The molecule has 0 bridgehead atoms. The third-order valence-corrected chi connectivity index (χ3v) is 6.26. The largest absolute Gasteiger partial charge is 0.441 e. The fraction of sp³-hybridized carbons (Fsp3) is 0.308. The van der Waals surface area contributed by atoms with Gasteiger partial charge >= 0.3 is 0 Å². The topological polar surface area (TPSA) is 50.3 Å². The molecule has 0 saturated carbocycles. The van der Waals surface area contributed by atoms with Crippen molar-refractivity contribution in [3.8, 4) is 22.6 Å². The SMILES string of the molecule is Cc1oc(-c2ccc(-c3ccccc3)cc2)nc1CN1CCN(Cc2nccn2C)CC1. The third kappa shape index (κ3) is 4.52. The van der Waals surface area contributed by atoms with Crippen LogP contribution in [0.15, 0.2) is 71.4 Å². The molecule has 0 unspecified atom stereocenters. The number of aryl methyl sites for hydroxylation is 2. The molecule has 2 aromatic carbocycles. The van der Waals surface area contributed by atoms with E-state index in [1.54, 1.807) is 0 Å². The van der Waals surface area contributed by atoms with Gasteiger partial charge < -0.3 is 8.98 Å². The number of imidazole rings is 1. The molecule has 0 spiro atoms. The zero-order valence-electron chi connectivity index (χ0n) is 18.7. The Morgan fingerprint density at radius 3 is 2.09 bits per heavy atom. The predicted molar refractivity (Wildman–Crippen MR) is 126 cm³/mol. The minimum atomic E-state index is 0.700. The van der Waals surface area contributed by atoms with E-state index in [1.165, 1.54) is 11.1 Å². The molecule has 0 N–H and O–H groups in total. The molecule has 164 valence electrons. The number of piperazine rings is 1. The summed E-state index contributed by atoms with van der Waals surface area (Å²) >= 11 is 0. The van der Waals surface area contributed by atoms with E-state index in [0.717, 1.165) is 62.1 Å². The number of hydrogen-bond acceptors (Lipinski definition) is 5. The first-order valence-corrected chi connectivity index (χ1v) is 11.2. The summed E-state index contributed by atoms with van der Waals surface area (Å²) in [6.45, 7) is 7.88. The van der Waals surface area contributed by atoms with Gasteiger partial charge in [-0.15, -0.1) is 0 Å². The van der Waals surface area contributed by atoms with Crippen molar-refractivity contribution in [1.29, 1.82) is 0 Å². The second kappa shape index (κ2) is 9.10. The van der Waals surface area contributed by atoms with E-state index in [1.807, 2.05) is 25.4 Å². The zero-order valence-corrected chi connectivity index (χ0v) is 18.7. The van der Waals surface area contributed by atoms with Crippen LogP contribution < -0.4 is 0 Å². The molecule has 0 radical (unpaired) electrons. The molecule has 32 heavy (non-hydrogen) atoms. The van der Waals surface area contributed by atoms with Crippen LogP contribution in [0.3, 0.4) is 0 Å². The maximum atomic E-state index is 6.03. The fourth-order valence-electron chi connectivity index (χ4n) is 4.20. The van der Waals surface area contributed by atoms with Crippen LogP contribution in [0.4, 0.5) is 0 Å². The molecule has 3 heterocycles. The number of oxazole rings is 1. The fourth-order valence-corrected chi connectivity index (χ4v) is 4.20. The highest BCUT2D eigenvalue weighted by Crippen LogP contribution is 2.26. The van der Waals surface area contributed by atoms with Gasteiger partial charge in [-0.3, -0.25) is 9.80 Å². The lowest BCUT2D eigenvalue weighted by Gasteiger charge is -2.34. The van der Waals surface area contributed by atoms with Gasteiger partial charge in [-0.2, -0.15) is 0 Å². The van der Waals surface area contributed by atoms with E-state index in [9.17, 15) is 0 Å². The quantitative estimate of drug-likeness (QED) is 0.457. The van der Waals surface area contributed by atoms with Crippen LogP contribution in [0.1, 0.15) is 17.3 Å². The van der Waals surface area contributed by atoms with Crippen molar-refractivity contribution in [2.75, 3.05) is 26.2 Å². The first-order valence-electron chi connectivity index (χ1n) is 11.2. The van der Waals surface area contributed by atoms with Crippen molar-refractivity contribution >= 4 is 0 Å². The van der Waals surface area contributed by atoms with Crippen molar-refractivity contribution < 1.29 is 4.42 Å². The molecule has 1 fully saturated rings. The van der Waals surface area contributed by atoms with Gasteiger partial charge in [0.1, 0.15) is 11.6 Å². The Balaban J connectivity index is 1.20. The van der Waals surface area contributed by atoms with Gasteiger partial charge in [0.05, 0.1) is 12.2 Å². The Bertz CT molecular complexity index is 1150. The molecule has 2 aromatic heterocycles. The van der Waals surface area contributed by atoms with Gasteiger partial charge in [0.25, 0.3) is 0 Å². The van der Waals surface area contributed by atoms with Crippen LogP contribution in [0.2, 0.25) is 0 Å². The summed E-state index contributed by atoms with van der Waals surface area (Å²) in [6, 6.07) is 18.8. The number of aromatic nitrogens is 3. The van der Waals surface area contributed by atoms with E-state index in [-0.39, 0.29) is 0 Å². The lowest BCUT2D eigenvalue weighted by atomic mass is 10.0. The number of benzene rings is 2. The molecule has 1 saturated heterocycles. The van der Waals surface area contributed by atoms with Crippen LogP contribution in [0, 0.1) is 6.92 Å². The van der Waals surface area contributed by atoms with Crippen LogP contribution in [0.5, 0.6) is 0 Å². The lowest BCUT2D eigenvalue weighted by molar-refractivity contribution is 0.118. The smallest absolute Gasteiger partial charge is 0.226 e. The van der Waals surface area contributed by atoms with Gasteiger partial charge in [0.2, 0.25) is 5.89 Å². The van der Waals surface area contributed by atoms with E-state index < -0.39 is 0 Å². The molecule has 1 aliphatic rings. The minimum absolute atomic E-state index is 0.700. The van der Waals surface area contributed by atoms with E-state index in [0.29, 0.717) is 5.89 Å². The molecule has 0 aliphatic carbocycles. The van der Waals surface area contributed by atoms with Crippen molar-refractivity contribution in [3.05, 3.63) is 84.3 Å². The molecular formula is C26H29N5O. The molecule has 5 rings (SSSR count). The Morgan fingerprint density at radius 1 is 0.812 bits per heavy atom. The molecule has 0 amide bonds. The van der Waals surface area contributed by atoms with E-state index in [4.69, 9.17) is 9.40 Å². The van der Waals surface area contributed by atoms with Crippen LogP contribution in [-0.4, -0.2) is 50.5 Å². The second-order valence-electron chi connectivity index (χ2n) is 8.47. The zero-order chi connectivity index (χ0) is 21.9. The maximum absolute atomic E-state index is 6.03. The second-order valence-corrected chi connectivity index (χ2v) is 8.47. The summed E-state index contributed by atoms with van der Waals surface area (Å²) in [5.74, 6) is 2.72. The Morgan fingerprint density at radius 2 is 1.44 bits per heavy atom. The highest BCUT2D eigenvalue weighted by Gasteiger charge is 2.21. The van der Waals surface area contributed by atoms with E-state index >= 15 is 0 Å². The lowest BCUT2D eigenvalue weighted by Crippen LogP contribution is -2.45. The van der Waals surface area contributed by atoms with Gasteiger partial charge in [-0.25, -0.2) is 9.97 Å². The highest BCUT2D eigenvalue weighted by atomic mass is 16.4. The normalized spacial score (nSPS) is 15.3. The molecular weight excluding hydrogens is 398 g/mol. The van der Waals surface area contributed by atoms with Gasteiger partial charge in [-0.05, 0) is 30.2 Å². The third-order valence-electron chi connectivity index (χ3n) is 6.26. The molecule has 0 atom stereocenters. The highest BCUT2D eigenvalue weighted by molar-refractivity contribution is 5.67. The monoisotopic (exact) mass is 427 g/mol. The van der Waals surface area contributed by atoms with Crippen molar-refractivity contribution in [2.24, 2.45) is 7.05 Å². The summed E-state index contributed by atoms with van der Waals surface area (Å²) < 4.78 is 8.13. The Kier molecular flexibility index (Phi) is 5.88. The molecule has 1 aliphatic heterocycles. The first-order chi connectivity index (χ1) is 15.7. The average molecular weight is 428 g/mol. The first kappa shape index (κ1) is 20.7. The van der Waals surface area contributed by atoms with Gasteiger partial charge in [0, 0.05) is 57.7 Å². The number of nitrogens with zero attached hydrogens (tertiary/aromatic N) is 5. The van der Waals surface area contributed by atoms with Crippen molar-refractivity contribution in [2.45, 2.75) is 20.0 Å². The van der Waals surface area contributed by atoms with Crippen LogP contribution in [0.25, 0.3) is 22.6 Å². The molecule has 6 heteroatoms. The molecule has 6 nitrogen and oxygen atoms in total. The number of hydrogen-bond donors (Lipinski definition) is 0. The summed E-state index contributed by atoms with van der Waals surface area (Å²) in [5, 5.41) is 0. The van der Waals surface area contributed by atoms with Crippen LogP contribution in [-0.2, 0) is 20.1 Å². The number of rotatable bonds is 6. The van der Waals surface area contributed by atoms with Gasteiger partial charge in [0.15, 0.2) is 0 Å². The summed E-state index contributed by atoms with van der Waals surface area (Å²) in [6.07, 6.45) is 3.87. The van der Waals surface area contributed by atoms with E-state index in [2.05, 4.69) is 74.9 Å². The summed E-state index contributed by atoms with van der Waals surface area (Å²) in [7, 11) is 2.05. The Labute approximate surface area is 189 Å². The maximum Gasteiger partial charge on any atom is 0.226 e. The van der Waals surface area contributed by atoms with Crippen molar-refractivity contribution in [1.82, 2.24) is 24.3 Å².